The number of hydrogen-bond acceptors (Lipinski definition) is 8. The normalized spacial score (nSPS) is 21.5. The quantitative estimate of drug-likeness (QED) is 0.179. The summed E-state index contributed by atoms with van der Waals surface area (Å²) >= 11 is 6.18. The summed E-state index contributed by atoms with van der Waals surface area (Å²) in [6.07, 6.45) is 1.29. The van der Waals surface area contributed by atoms with Crippen molar-refractivity contribution in [3.05, 3.63) is 108 Å². The highest BCUT2D eigenvalue weighted by atomic mass is 35.5. The number of ether oxygens (including phenoxy) is 2. The molecule has 1 aliphatic carbocycles. The molecule has 0 unspecified atom stereocenters. The molecule has 2 aliphatic rings. The van der Waals surface area contributed by atoms with Crippen LogP contribution in [0.5, 0.6) is 5.75 Å². The Bertz CT molecular complexity index is 2000. The zero-order valence-corrected chi connectivity index (χ0v) is 33.3. The van der Waals surface area contributed by atoms with E-state index < -0.39 is 56.9 Å². The van der Waals surface area contributed by atoms with Gasteiger partial charge in [-0.05, 0) is 80.8 Å². The van der Waals surface area contributed by atoms with Gasteiger partial charge in [-0.2, -0.15) is 0 Å². The number of carbonyl (C=O) groups is 4. The molecule has 2 fully saturated rings. The maximum absolute atomic E-state index is 14.4. The van der Waals surface area contributed by atoms with Gasteiger partial charge in [-0.3, -0.25) is 14.4 Å². The predicted molar refractivity (Wildman–Crippen MR) is 209 cm³/mol. The lowest BCUT2D eigenvalue weighted by Gasteiger charge is -2.40. The van der Waals surface area contributed by atoms with E-state index in [9.17, 15) is 27.6 Å². The molecule has 3 N–H and O–H groups in total. The van der Waals surface area contributed by atoms with E-state index in [1.165, 1.54) is 24.3 Å². The van der Waals surface area contributed by atoms with Gasteiger partial charge in [0.2, 0.25) is 11.8 Å². The van der Waals surface area contributed by atoms with Crippen molar-refractivity contribution in [2.24, 2.45) is 17.8 Å². The molecule has 0 radical (unpaired) electrons. The van der Waals surface area contributed by atoms with Crippen LogP contribution in [0.2, 0.25) is 5.02 Å². The second kappa shape index (κ2) is 16.9. The Morgan fingerprint density at radius 3 is 2.33 bits per heavy atom. The van der Waals surface area contributed by atoms with Crippen LogP contribution < -0.4 is 20.1 Å². The van der Waals surface area contributed by atoms with Gasteiger partial charge in [0.15, 0.2) is 0 Å². The van der Waals surface area contributed by atoms with E-state index in [2.05, 4.69) is 21.9 Å². The van der Waals surface area contributed by atoms with E-state index in [-0.39, 0.29) is 42.2 Å². The van der Waals surface area contributed by atoms with E-state index in [0.717, 1.165) is 11.1 Å². The van der Waals surface area contributed by atoms with Gasteiger partial charge in [0.1, 0.15) is 29.5 Å². The maximum atomic E-state index is 14.4. The number of amides is 4. The minimum absolute atomic E-state index is 0.0261. The molecule has 3 aromatic carbocycles. The number of benzene rings is 3. The fourth-order valence-electron chi connectivity index (χ4n) is 6.76. The molecule has 5 rings (SSSR count). The number of sulfonamides is 1. The van der Waals surface area contributed by atoms with Crippen molar-refractivity contribution in [1.29, 1.82) is 0 Å². The summed E-state index contributed by atoms with van der Waals surface area (Å²) < 4.78 is 40.5. The first-order chi connectivity index (χ1) is 25.9. The first-order valence-electron chi connectivity index (χ1n) is 18.2. The molecular formula is C41H49ClN4O8S. The second-order valence-corrected chi connectivity index (χ2v) is 17.5. The molecule has 0 bridgehead atoms. The molecular weight excluding hydrogens is 744 g/mol. The van der Waals surface area contributed by atoms with Crippen LogP contribution in [-0.2, 0) is 35.8 Å². The second-order valence-electron chi connectivity index (χ2n) is 15.4. The lowest BCUT2D eigenvalue weighted by molar-refractivity contribution is -0.140. The molecule has 4 amide bonds. The number of alkyl carbamates (subject to hydrolysis) is 1. The van der Waals surface area contributed by atoms with Gasteiger partial charge in [-0.15, -0.1) is 6.58 Å². The van der Waals surface area contributed by atoms with Crippen LogP contribution in [0, 0.1) is 17.8 Å². The molecule has 55 heavy (non-hydrogen) atoms. The first kappa shape index (κ1) is 41.3. The van der Waals surface area contributed by atoms with Crippen LogP contribution >= 0.6 is 11.6 Å². The van der Waals surface area contributed by atoms with E-state index in [1.54, 1.807) is 57.7 Å². The molecule has 1 saturated carbocycles. The van der Waals surface area contributed by atoms with E-state index in [1.807, 2.05) is 42.5 Å². The van der Waals surface area contributed by atoms with Crippen molar-refractivity contribution in [3.8, 4) is 5.75 Å². The van der Waals surface area contributed by atoms with Gasteiger partial charge >= 0.3 is 6.09 Å². The van der Waals surface area contributed by atoms with Crippen LogP contribution in [0.1, 0.15) is 64.5 Å². The van der Waals surface area contributed by atoms with E-state index >= 15 is 0 Å². The summed E-state index contributed by atoms with van der Waals surface area (Å²) in [6, 6.07) is 21.3. The fraction of sp³-hybridized carbons (Fsp3) is 0.415. The number of hydrogen-bond donors (Lipinski definition) is 3. The van der Waals surface area contributed by atoms with Gasteiger partial charge in [0, 0.05) is 30.1 Å². The number of likely N-dealkylation sites (tertiary alicyclic amines) is 1. The van der Waals surface area contributed by atoms with Crippen LogP contribution in [0.3, 0.4) is 0 Å². The smallest absolute Gasteiger partial charge is 0.408 e. The Kier molecular flexibility index (Phi) is 12.7. The lowest BCUT2D eigenvalue weighted by atomic mass is 9.79. The van der Waals surface area contributed by atoms with Crippen molar-refractivity contribution in [2.45, 2.75) is 82.1 Å². The number of halogens is 1. The molecule has 12 nitrogen and oxygen atoms in total. The Morgan fingerprint density at radius 1 is 1.02 bits per heavy atom. The van der Waals surface area contributed by atoms with Crippen molar-refractivity contribution in [2.75, 3.05) is 13.1 Å². The highest BCUT2D eigenvalue weighted by Crippen LogP contribution is 2.46. The Hall–Kier alpha value is -4.88. The third-order valence-corrected chi connectivity index (χ3v) is 11.4. The van der Waals surface area contributed by atoms with Gasteiger partial charge in [0.05, 0.1) is 10.8 Å². The third kappa shape index (κ3) is 10.3. The number of nitrogens with one attached hydrogen (secondary N) is 3. The largest absolute Gasteiger partial charge is 0.489 e. The topological polar surface area (TPSA) is 160 Å². The minimum Gasteiger partial charge on any atom is -0.489 e. The number of nitrogens with zero attached hydrogens (tertiary/aromatic N) is 1. The lowest BCUT2D eigenvalue weighted by Crippen LogP contribution is -2.58. The zero-order chi connectivity index (χ0) is 40.1. The summed E-state index contributed by atoms with van der Waals surface area (Å²) in [7, 11) is -4.39. The standard InChI is InChI=1S/C41H49ClN4O8S/c1-7-29-23-41(29,38(49)45-55(51,52)32-15-11-14-31(22-32)53-25-27-12-9-8-10-13-27)44-36(47)34-24-46(21-20-33(34)28-16-18-30(42)19-17-28)37(48)35(26(2)3)43-39(50)54-40(4,5)6/h7-19,22,26,29,33-35H,1,20-21,23-25H2,2-6H3,(H,43,50)(H,44,47)(H,45,49)/t29-,33+,34-,35+,41-/m1/s1. The van der Waals surface area contributed by atoms with Crippen molar-refractivity contribution >= 4 is 45.4 Å². The molecule has 1 heterocycles. The van der Waals surface area contributed by atoms with Gasteiger partial charge in [-0.1, -0.05) is 80.1 Å². The number of rotatable bonds is 13. The molecule has 294 valence electrons. The van der Waals surface area contributed by atoms with Gasteiger partial charge in [0.25, 0.3) is 15.9 Å². The predicted octanol–water partition coefficient (Wildman–Crippen LogP) is 5.97. The Balaban J connectivity index is 1.35. The summed E-state index contributed by atoms with van der Waals surface area (Å²) in [5, 5.41) is 6.09. The Labute approximate surface area is 328 Å². The minimum atomic E-state index is -4.39. The third-order valence-electron chi connectivity index (χ3n) is 9.81. The number of piperidine rings is 1. The Morgan fingerprint density at radius 2 is 1.71 bits per heavy atom. The van der Waals surface area contributed by atoms with Crippen molar-refractivity contribution < 1.29 is 37.1 Å². The average Bonchev–Trinajstić information content (AvgIpc) is 3.86. The van der Waals surface area contributed by atoms with E-state index in [0.29, 0.717) is 23.7 Å². The maximum Gasteiger partial charge on any atom is 0.408 e. The molecule has 1 saturated heterocycles. The van der Waals surface area contributed by atoms with Crippen LogP contribution in [0.4, 0.5) is 4.79 Å². The number of carbonyl (C=O) groups excluding carboxylic acids is 4. The summed E-state index contributed by atoms with van der Waals surface area (Å²) in [6.45, 7) is 13.1. The average molecular weight is 793 g/mol. The summed E-state index contributed by atoms with van der Waals surface area (Å²) in [5.41, 5.74) is -0.658. The van der Waals surface area contributed by atoms with Crippen molar-refractivity contribution in [3.63, 3.8) is 0 Å². The summed E-state index contributed by atoms with van der Waals surface area (Å²) in [4.78, 5) is 56.4. The molecule has 1 aliphatic heterocycles. The summed E-state index contributed by atoms with van der Waals surface area (Å²) in [5.74, 6) is -3.60. The molecule has 14 heteroatoms. The van der Waals surface area contributed by atoms with Crippen LogP contribution in [0.25, 0.3) is 0 Å². The highest BCUT2D eigenvalue weighted by molar-refractivity contribution is 7.90. The molecule has 0 spiro atoms. The SMILES string of the molecule is C=C[C@@H]1C[C@]1(NC(=O)[C@@H]1CN(C(=O)[C@@H](NC(=O)OC(C)(C)C)C(C)C)CC[C@H]1c1ccc(Cl)cc1)C(=O)NS(=O)(=O)c1cccc(OCc2ccccc2)c1. The van der Waals surface area contributed by atoms with Crippen LogP contribution in [-0.4, -0.2) is 67.4 Å². The monoisotopic (exact) mass is 792 g/mol. The zero-order valence-electron chi connectivity index (χ0n) is 31.7. The van der Waals surface area contributed by atoms with Crippen LogP contribution in [0.15, 0.2) is 96.4 Å². The van der Waals surface area contributed by atoms with Crippen molar-refractivity contribution in [1.82, 2.24) is 20.3 Å². The van der Waals surface area contributed by atoms with E-state index in [4.69, 9.17) is 21.1 Å². The fourth-order valence-corrected chi connectivity index (χ4v) is 7.96. The van der Waals surface area contributed by atoms with Gasteiger partial charge in [-0.25, -0.2) is 17.9 Å². The molecule has 3 aromatic rings. The van der Waals surface area contributed by atoms with Gasteiger partial charge < -0.3 is 25.0 Å². The first-order valence-corrected chi connectivity index (χ1v) is 20.1. The molecule has 0 aromatic heterocycles. The highest BCUT2D eigenvalue weighted by Gasteiger charge is 2.61. The molecule has 5 atom stereocenters.